The molecule has 0 rings (SSSR count). The van der Waals surface area contributed by atoms with Gasteiger partial charge in [0.05, 0.1) is 0 Å². The van der Waals surface area contributed by atoms with Crippen LogP contribution in [0.4, 0.5) is 0 Å². The third kappa shape index (κ3) is 168. The summed E-state index contributed by atoms with van der Waals surface area (Å²) in [6.07, 6.45) is 0. The summed E-state index contributed by atoms with van der Waals surface area (Å²) in [5, 5.41) is 0. The maximum Gasteiger partial charge on any atom is 2.00 e. The molecule has 0 aromatic rings. The molecule has 0 aliphatic heterocycles. The van der Waals surface area contributed by atoms with E-state index in [1.165, 1.54) is 0 Å². The van der Waals surface area contributed by atoms with Crippen molar-refractivity contribution < 1.29 is 0 Å². The van der Waals surface area contributed by atoms with Crippen molar-refractivity contribution in [3.8, 4) is 0 Å². The van der Waals surface area contributed by atoms with E-state index in [4.69, 9.17) is 0 Å². The Kier molecular flexibility index (Phi) is 32400. The first-order chi connectivity index (χ1) is 0. The quantitative estimate of drug-likeness (QED) is 0.326. The predicted octanol–water partition coefficient (Wildman–Crippen LogP) is -0.946. The normalized spacial score (nSPS) is 0. The molecule has 0 saturated carbocycles. The van der Waals surface area contributed by atoms with E-state index in [0.29, 0.717) is 0 Å². The minimum atomic E-state index is 0. The number of hydrogen-bond acceptors (Lipinski definition) is 0. The summed E-state index contributed by atoms with van der Waals surface area (Å²) in [5.74, 6) is 0. The largest absolute Gasteiger partial charge is 3.00 e. The Labute approximate surface area is 53.5 Å². The third-order valence-electron chi connectivity index (χ3n) is 0. The average Bonchev–Trinajstić information content (AvgIpc) is 0. The van der Waals surface area contributed by atoms with Gasteiger partial charge in [-0.3, -0.25) is 0 Å². The predicted molar refractivity (Wildman–Crippen MR) is 29.7 cm³/mol. The van der Waals surface area contributed by atoms with Gasteiger partial charge in [0.2, 0.25) is 0 Å². The third-order valence-corrected chi connectivity index (χ3v) is 0. The minimum Gasteiger partial charge on any atom is -3.00 e. The van der Waals surface area contributed by atoms with Gasteiger partial charge in [0.25, 0.3) is 0 Å². The Morgan fingerprint density at radius 2 is 0.500 bits per heavy atom. The first-order valence-corrected chi connectivity index (χ1v) is 0. The molecule has 2 nitrogen and oxygen atoms in total. The summed E-state index contributed by atoms with van der Waals surface area (Å²) in [6.45, 7) is 0. The van der Waals surface area contributed by atoms with Gasteiger partial charge in [0.15, 0.2) is 0 Å². The molecule has 0 aliphatic rings. The molecule has 0 unspecified atom stereocenters. The van der Waals surface area contributed by atoms with E-state index in [1.54, 1.807) is 0 Å². The van der Waals surface area contributed by atoms with Crippen molar-refractivity contribution in [3.05, 3.63) is 12.3 Å². The van der Waals surface area contributed by atoms with Gasteiger partial charge in [-0.25, -0.2) is 0 Å². The molecule has 0 atom stereocenters. The van der Waals surface area contributed by atoms with Crippen molar-refractivity contribution in [2.75, 3.05) is 0 Å². The Morgan fingerprint density at radius 3 is 0.500 bits per heavy atom. The van der Waals surface area contributed by atoms with Gasteiger partial charge < -0.3 is 12.3 Å². The molecule has 0 N–H and O–H groups in total. The first kappa shape index (κ1) is 583. The molecular formula is Be4N2. The molecule has 0 spiro atoms. The summed E-state index contributed by atoms with van der Waals surface area (Å²) in [6, 6.07) is 0. The van der Waals surface area contributed by atoms with Crippen LogP contribution in [0.5, 0.6) is 0 Å². The molecule has 0 bridgehead atoms. The summed E-state index contributed by atoms with van der Waals surface area (Å²) in [7, 11) is 0. The molecule has 0 aromatic carbocycles. The molecule has 0 amide bonds. The standard InChI is InChI=1S/4Be.2N/q;3*+2;2*-3. The van der Waals surface area contributed by atoms with Crippen molar-refractivity contribution in [1.82, 2.24) is 0 Å². The van der Waals surface area contributed by atoms with E-state index in [1.807, 2.05) is 0 Å². The maximum absolute atomic E-state index is 0. The Bertz CT molecular complexity index is 5.51. The van der Waals surface area contributed by atoms with Crippen LogP contribution in [0.15, 0.2) is 0 Å². The smallest absolute Gasteiger partial charge is 2.00 e. The van der Waals surface area contributed by atoms with Crippen LogP contribution < -0.4 is 0 Å². The molecule has 0 aliphatic carbocycles. The zero-order valence-corrected chi connectivity index (χ0v) is 3.72. The molecule has 0 heterocycles. The van der Waals surface area contributed by atoms with Gasteiger partial charge >= 0.3 is 30.4 Å². The fourth-order valence-electron chi connectivity index (χ4n) is 0. The SMILES string of the molecule is [Be+2].[Be+2].[Be+2].[Be].[N-3].[N-3]. The molecule has 2 radical (unpaired) electrons. The van der Waals surface area contributed by atoms with Gasteiger partial charge in [-0.05, 0) is 0 Å². The second kappa shape index (κ2) is 333. The van der Waals surface area contributed by atoms with Crippen LogP contribution in [0.25, 0.3) is 12.3 Å². The number of nitrogens with zero attached hydrogens (tertiary/aromatic N) is 2. The van der Waals surface area contributed by atoms with Crippen LogP contribution in [-0.2, 0) is 0 Å². The topological polar surface area (TPSA) is 61.0 Å². The van der Waals surface area contributed by atoms with E-state index in [2.05, 4.69) is 0 Å². The Hall–Kier alpha value is 0.595. The summed E-state index contributed by atoms with van der Waals surface area (Å²) in [4.78, 5) is 0. The average molecular weight is 64.1 g/mol. The van der Waals surface area contributed by atoms with E-state index >= 15 is 0 Å². The summed E-state index contributed by atoms with van der Waals surface area (Å²) in [5.41, 5.74) is 0. The van der Waals surface area contributed by atoms with E-state index < -0.39 is 0 Å². The first-order valence-electron chi connectivity index (χ1n) is 0. The molecular weight excluding hydrogens is 64.1 g/mol. The van der Waals surface area contributed by atoms with Crippen LogP contribution in [0.2, 0.25) is 0 Å². The van der Waals surface area contributed by atoms with Crippen molar-refractivity contribution in [2.45, 2.75) is 0 Å². The molecule has 0 aromatic heterocycles. The second-order valence-corrected chi connectivity index (χ2v) is 0. The molecule has 6 heteroatoms. The molecule has 0 saturated heterocycles. The zero-order chi connectivity index (χ0) is 0. The van der Waals surface area contributed by atoms with Crippen molar-refractivity contribution in [1.29, 1.82) is 0 Å². The van der Waals surface area contributed by atoms with E-state index in [0.717, 1.165) is 0 Å². The maximum atomic E-state index is 0. The summed E-state index contributed by atoms with van der Waals surface area (Å²) < 4.78 is 0. The van der Waals surface area contributed by atoms with Crippen molar-refractivity contribution >= 4 is 40.5 Å². The number of rotatable bonds is 0. The fourth-order valence-corrected chi connectivity index (χ4v) is 0. The second-order valence-electron chi connectivity index (χ2n) is 0. The van der Waals surface area contributed by atoms with E-state index in [9.17, 15) is 0 Å². The van der Waals surface area contributed by atoms with Gasteiger partial charge in [0.1, 0.15) is 0 Å². The van der Waals surface area contributed by atoms with Crippen LogP contribution in [-0.4, -0.2) is 40.5 Å². The minimum absolute atomic E-state index is 0. The molecule has 18 valence electrons. The summed E-state index contributed by atoms with van der Waals surface area (Å²) >= 11 is 0. The molecule has 6 heavy (non-hydrogen) atoms. The van der Waals surface area contributed by atoms with Crippen molar-refractivity contribution in [2.24, 2.45) is 0 Å². The van der Waals surface area contributed by atoms with Gasteiger partial charge in [-0.1, -0.05) is 0 Å². The van der Waals surface area contributed by atoms with Gasteiger partial charge in [-0.15, -0.1) is 0 Å². The zero-order valence-electron chi connectivity index (χ0n) is 3.72. The van der Waals surface area contributed by atoms with Crippen LogP contribution in [0, 0.1) is 0 Å². The monoisotopic (exact) mass is 64.1 g/mol. The molecule has 0 fully saturated rings. The fraction of sp³-hybridized carbons (Fsp3) is 0. The Morgan fingerprint density at radius 1 is 0.500 bits per heavy atom. The van der Waals surface area contributed by atoms with Gasteiger partial charge in [0, 0.05) is 10.1 Å². The van der Waals surface area contributed by atoms with Crippen LogP contribution >= 0.6 is 0 Å². The van der Waals surface area contributed by atoms with Gasteiger partial charge in [-0.2, -0.15) is 0 Å². The van der Waals surface area contributed by atoms with Crippen LogP contribution in [0.1, 0.15) is 0 Å². The van der Waals surface area contributed by atoms with E-state index in [-0.39, 0.29) is 52.8 Å². The number of hydrogen-bond donors (Lipinski definition) is 0. The van der Waals surface area contributed by atoms with Crippen LogP contribution in [0.3, 0.4) is 0 Å². The Balaban J connectivity index is 0. The van der Waals surface area contributed by atoms with Crippen molar-refractivity contribution in [3.63, 3.8) is 0 Å².